The second-order valence-electron chi connectivity index (χ2n) is 11.0. The first kappa shape index (κ1) is 24.2. The summed E-state index contributed by atoms with van der Waals surface area (Å²) in [5, 5.41) is 7.31. The zero-order valence-corrected chi connectivity index (χ0v) is 24.0. The number of fused-ring (bicyclic) bond motifs is 9. The van der Waals surface area contributed by atoms with E-state index in [4.69, 9.17) is 4.98 Å². The van der Waals surface area contributed by atoms with Gasteiger partial charge in [0.1, 0.15) is 0 Å². The van der Waals surface area contributed by atoms with Crippen LogP contribution < -0.4 is 0 Å². The fourth-order valence-corrected chi connectivity index (χ4v) is 7.50. The van der Waals surface area contributed by atoms with Crippen molar-refractivity contribution >= 4 is 64.1 Å². The number of aromatic nitrogens is 2. The molecule has 200 valence electrons. The monoisotopic (exact) mass is 564 g/mol. The molecular formula is C40H24N2S. The maximum absolute atomic E-state index is 4.70. The summed E-state index contributed by atoms with van der Waals surface area (Å²) in [5.74, 6) is 0. The van der Waals surface area contributed by atoms with E-state index in [1.165, 1.54) is 64.3 Å². The van der Waals surface area contributed by atoms with E-state index >= 15 is 0 Å². The molecule has 7 aromatic carbocycles. The summed E-state index contributed by atoms with van der Waals surface area (Å²) in [6, 6.07) is 48.5. The highest BCUT2D eigenvalue weighted by Crippen LogP contribution is 2.39. The van der Waals surface area contributed by atoms with Crippen LogP contribution in [-0.2, 0) is 0 Å². The molecule has 0 saturated carbocycles. The normalized spacial score (nSPS) is 11.7. The number of hydrogen-bond donors (Lipinski definition) is 0. The Kier molecular flexibility index (Phi) is 5.40. The lowest BCUT2D eigenvalue weighted by Crippen LogP contribution is -1.89. The Morgan fingerprint density at radius 2 is 0.767 bits per heavy atom. The maximum atomic E-state index is 4.70. The molecular weight excluding hydrogens is 541 g/mol. The molecule has 43 heavy (non-hydrogen) atoms. The summed E-state index contributed by atoms with van der Waals surface area (Å²) < 4.78 is 2.64. The Morgan fingerprint density at radius 1 is 0.326 bits per heavy atom. The minimum atomic E-state index is 0.949. The molecule has 0 N–H and O–H groups in total. The van der Waals surface area contributed by atoms with Gasteiger partial charge in [-0.3, -0.25) is 9.97 Å². The molecule has 0 aliphatic heterocycles. The van der Waals surface area contributed by atoms with Crippen molar-refractivity contribution in [3.8, 4) is 33.4 Å². The first-order valence-electron chi connectivity index (χ1n) is 14.5. The zero-order chi connectivity index (χ0) is 28.3. The Morgan fingerprint density at radius 3 is 1.37 bits per heavy atom. The van der Waals surface area contributed by atoms with Gasteiger partial charge >= 0.3 is 0 Å². The van der Waals surface area contributed by atoms with Gasteiger partial charge < -0.3 is 0 Å². The van der Waals surface area contributed by atoms with Gasteiger partial charge in [0.05, 0.1) is 11.0 Å². The molecule has 0 spiro atoms. The number of benzene rings is 7. The van der Waals surface area contributed by atoms with Crippen LogP contribution in [0.2, 0.25) is 0 Å². The lowest BCUT2D eigenvalue weighted by Gasteiger charge is -2.11. The van der Waals surface area contributed by atoms with Gasteiger partial charge in [-0.15, -0.1) is 11.3 Å². The Bertz CT molecular complexity index is 2460. The molecule has 0 aliphatic rings. The van der Waals surface area contributed by atoms with Crippen molar-refractivity contribution in [1.82, 2.24) is 9.97 Å². The lowest BCUT2D eigenvalue weighted by molar-refractivity contribution is 1.31. The average Bonchev–Trinajstić information content (AvgIpc) is 3.46. The van der Waals surface area contributed by atoms with Crippen molar-refractivity contribution < 1.29 is 0 Å². The third kappa shape index (κ3) is 3.93. The molecule has 2 heterocycles. The van der Waals surface area contributed by atoms with Crippen molar-refractivity contribution in [3.63, 3.8) is 0 Å². The van der Waals surface area contributed by atoms with E-state index in [-0.39, 0.29) is 0 Å². The SMILES string of the molecule is c1ccc(-c2ccc3sc4ccc(-c5ccc(-c6ccc7c(c6)c6ccccc6c6nccnc76)cc5)cc4c3c2)cc1. The van der Waals surface area contributed by atoms with Crippen LogP contribution in [0.1, 0.15) is 0 Å². The standard InChI is InChI=1S/C40H24N2S/c1-2-6-25(7-3-1)29-15-18-37-35(23-29)36-24-30(16-19-38(36)43-37)27-12-10-26(11-13-27)28-14-17-33-34(22-28)31-8-4-5-9-32(31)39-40(33)42-21-20-41-39/h1-24H. The van der Waals surface area contributed by atoms with E-state index in [1.807, 2.05) is 11.3 Å². The quantitative estimate of drug-likeness (QED) is 0.199. The predicted molar refractivity (Wildman–Crippen MR) is 184 cm³/mol. The first-order valence-corrected chi connectivity index (χ1v) is 15.3. The van der Waals surface area contributed by atoms with E-state index in [9.17, 15) is 0 Å². The summed E-state index contributed by atoms with van der Waals surface area (Å²) in [5.41, 5.74) is 9.25. The number of hydrogen-bond acceptors (Lipinski definition) is 3. The predicted octanol–water partition coefficient (Wildman–Crippen LogP) is 11.3. The van der Waals surface area contributed by atoms with Crippen LogP contribution in [0.3, 0.4) is 0 Å². The van der Waals surface area contributed by atoms with E-state index in [2.05, 4.69) is 138 Å². The van der Waals surface area contributed by atoms with Gasteiger partial charge in [0, 0.05) is 43.3 Å². The fourth-order valence-electron chi connectivity index (χ4n) is 6.43. The van der Waals surface area contributed by atoms with Gasteiger partial charge in [0.25, 0.3) is 0 Å². The molecule has 2 nitrogen and oxygen atoms in total. The molecule has 0 atom stereocenters. The number of nitrogens with zero attached hydrogens (tertiary/aromatic N) is 2. The first-order chi connectivity index (χ1) is 21.3. The summed E-state index contributed by atoms with van der Waals surface area (Å²) in [6.45, 7) is 0. The largest absolute Gasteiger partial charge is 0.252 e. The summed E-state index contributed by atoms with van der Waals surface area (Å²) in [7, 11) is 0. The Labute approximate surface area is 252 Å². The highest BCUT2D eigenvalue weighted by Gasteiger charge is 2.12. The topological polar surface area (TPSA) is 25.8 Å². The van der Waals surface area contributed by atoms with Crippen LogP contribution in [0.4, 0.5) is 0 Å². The molecule has 0 radical (unpaired) electrons. The number of rotatable bonds is 3. The minimum Gasteiger partial charge on any atom is -0.252 e. The molecule has 3 heteroatoms. The second kappa shape index (κ2) is 9.59. The van der Waals surface area contributed by atoms with E-state index in [1.54, 1.807) is 12.4 Å². The third-order valence-corrected chi connectivity index (χ3v) is 9.73. The zero-order valence-electron chi connectivity index (χ0n) is 23.2. The van der Waals surface area contributed by atoms with Crippen molar-refractivity contribution in [1.29, 1.82) is 0 Å². The van der Waals surface area contributed by atoms with Gasteiger partial charge in [0.2, 0.25) is 0 Å². The van der Waals surface area contributed by atoms with Crippen LogP contribution in [0.15, 0.2) is 146 Å². The van der Waals surface area contributed by atoms with Crippen molar-refractivity contribution in [2.24, 2.45) is 0 Å². The van der Waals surface area contributed by atoms with Gasteiger partial charge in [0.15, 0.2) is 0 Å². The van der Waals surface area contributed by atoms with Crippen molar-refractivity contribution in [2.45, 2.75) is 0 Å². The third-order valence-electron chi connectivity index (χ3n) is 8.57. The second-order valence-corrected chi connectivity index (χ2v) is 12.1. The molecule has 0 aliphatic carbocycles. The summed E-state index contributed by atoms with van der Waals surface area (Å²) >= 11 is 1.86. The fraction of sp³-hybridized carbons (Fsp3) is 0. The van der Waals surface area contributed by atoms with Crippen molar-refractivity contribution in [3.05, 3.63) is 146 Å². The van der Waals surface area contributed by atoms with Gasteiger partial charge in [-0.1, -0.05) is 103 Å². The maximum Gasteiger partial charge on any atom is 0.0971 e. The minimum absolute atomic E-state index is 0.949. The molecule has 0 bridgehead atoms. The van der Waals surface area contributed by atoms with Crippen LogP contribution in [0, 0.1) is 0 Å². The lowest BCUT2D eigenvalue weighted by atomic mass is 9.94. The van der Waals surface area contributed by atoms with Crippen LogP contribution >= 0.6 is 11.3 Å². The smallest absolute Gasteiger partial charge is 0.0971 e. The van der Waals surface area contributed by atoms with Crippen LogP contribution in [0.5, 0.6) is 0 Å². The molecule has 2 aromatic heterocycles. The molecule has 9 rings (SSSR count). The molecule has 0 unspecified atom stereocenters. The van der Waals surface area contributed by atoms with Gasteiger partial charge in [-0.2, -0.15) is 0 Å². The number of thiophene rings is 1. The molecule has 0 saturated heterocycles. The van der Waals surface area contributed by atoms with Gasteiger partial charge in [-0.25, -0.2) is 0 Å². The van der Waals surface area contributed by atoms with Gasteiger partial charge in [-0.05, 0) is 74.5 Å². The van der Waals surface area contributed by atoms with Crippen molar-refractivity contribution in [2.75, 3.05) is 0 Å². The Hall–Kier alpha value is -5.38. The Balaban J connectivity index is 1.12. The highest BCUT2D eigenvalue weighted by atomic mass is 32.1. The van der Waals surface area contributed by atoms with E-state index in [0.29, 0.717) is 0 Å². The summed E-state index contributed by atoms with van der Waals surface area (Å²) in [6.07, 6.45) is 3.55. The molecule has 9 aromatic rings. The van der Waals surface area contributed by atoms with E-state index in [0.717, 1.165) is 21.8 Å². The van der Waals surface area contributed by atoms with Crippen LogP contribution in [0.25, 0.3) is 86.1 Å². The summed E-state index contributed by atoms with van der Waals surface area (Å²) in [4.78, 5) is 9.37. The van der Waals surface area contributed by atoms with E-state index < -0.39 is 0 Å². The highest BCUT2D eigenvalue weighted by molar-refractivity contribution is 7.25. The average molecular weight is 565 g/mol. The van der Waals surface area contributed by atoms with Crippen LogP contribution in [-0.4, -0.2) is 9.97 Å². The molecule has 0 fully saturated rings. The molecule has 0 amide bonds.